The van der Waals surface area contributed by atoms with Crippen molar-refractivity contribution in [1.82, 2.24) is 15.0 Å². The molecule has 0 unspecified atom stereocenters. The molecule has 0 spiro atoms. The molecular weight excluding hydrogens is 272 g/mol. The van der Waals surface area contributed by atoms with E-state index < -0.39 is 0 Å². The Balaban J connectivity index is 2.31. The third kappa shape index (κ3) is 3.92. The number of nitrogens with one attached hydrogen (secondary N) is 1. The van der Waals surface area contributed by atoms with Gasteiger partial charge in [-0.1, -0.05) is 0 Å². The fourth-order valence-corrected chi connectivity index (χ4v) is 2.20. The first kappa shape index (κ1) is 15.7. The molecule has 0 bridgehead atoms. The summed E-state index contributed by atoms with van der Waals surface area (Å²) in [5.41, 5.74) is 0. The molecule has 1 aliphatic heterocycles. The van der Waals surface area contributed by atoms with Crippen LogP contribution in [0.2, 0.25) is 0 Å². The maximum atomic E-state index is 9.24. The van der Waals surface area contributed by atoms with E-state index in [1.807, 2.05) is 18.7 Å². The quantitative estimate of drug-likeness (QED) is 0.756. The highest BCUT2D eigenvalue weighted by Crippen LogP contribution is 2.18. The lowest BCUT2D eigenvalue weighted by atomic mass is 10.3. The molecule has 0 aromatic carbocycles. The minimum Gasteiger partial charge on any atom is -0.395 e. The lowest BCUT2D eigenvalue weighted by Crippen LogP contribution is -2.39. The number of anilines is 3. The third-order valence-corrected chi connectivity index (χ3v) is 3.35. The van der Waals surface area contributed by atoms with Crippen molar-refractivity contribution in [2.75, 3.05) is 61.6 Å². The van der Waals surface area contributed by atoms with Crippen LogP contribution in [0.25, 0.3) is 0 Å². The van der Waals surface area contributed by atoms with Crippen molar-refractivity contribution in [3.8, 4) is 0 Å². The Morgan fingerprint density at radius 2 is 2.00 bits per heavy atom. The molecule has 0 radical (unpaired) electrons. The summed E-state index contributed by atoms with van der Waals surface area (Å²) in [5, 5.41) is 12.2. The largest absolute Gasteiger partial charge is 0.395 e. The lowest BCUT2D eigenvalue weighted by Gasteiger charge is -2.30. The molecule has 0 aliphatic carbocycles. The molecule has 0 saturated carbocycles. The molecule has 8 heteroatoms. The predicted octanol–water partition coefficient (Wildman–Crippen LogP) is -0.0430. The van der Waals surface area contributed by atoms with Gasteiger partial charge in [-0.2, -0.15) is 15.0 Å². The van der Waals surface area contributed by atoms with Crippen molar-refractivity contribution in [3.05, 3.63) is 0 Å². The molecule has 8 nitrogen and oxygen atoms in total. The molecule has 2 heterocycles. The SMILES string of the molecule is CNc1nc(N2CCOCC2)nc(N(CCO)C(C)C)n1. The highest BCUT2D eigenvalue weighted by Gasteiger charge is 2.20. The van der Waals surface area contributed by atoms with E-state index in [0.29, 0.717) is 37.6 Å². The molecular formula is C13H24N6O2. The Kier molecular flexibility index (Phi) is 5.51. The monoisotopic (exact) mass is 296 g/mol. The van der Waals surface area contributed by atoms with Crippen LogP contribution in [0.5, 0.6) is 0 Å². The molecule has 1 fully saturated rings. The summed E-state index contributed by atoms with van der Waals surface area (Å²) < 4.78 is 5.36. The van der Waals surface area contributed by atoms with Gasteiger partial charge in [0.2, 0.25) is 17.8 Å². The van der Waals surface area contributed by atoms with E-state index >= 15 is 0 Å². The van der Waals surface area contributed by atoms with Gasteiger partial charge < -0.3 is 25.0 Å². The Hall–Kier alpha value is -1.67. The molecule has 1 aromatic heterocycles. The van der Waals surface area contributed by atoms with Crippen LogP contribution in [0, 0.1) is 0 Å². The van der Waals surface area contributed by atoms with Crippen LogP contribution in [-0.4, -0.2) is 72.6 Å². The molecule has 2 rings (SSSR count). The molecule has 1 saturated heterocycles. The van der Waals surface area contributed by atoms with E-state index in [2.05, 4.69) is 25.2 Å². The second kappa shape index (κ2) is 7.37. The van der Waals surface area contributed by atoms with E-state index in [1.54, 1.807) is 7.05 Å². The van der Waals surface area contributed by atoms with Crippen molar-refractivity contribution in [2.24, 2.45) is 0 Å². The van der Waals surface area contributed by atoms with E-state index in [9.17, 15) is 5.11 Å². The number of morpholine rings is 1. The van der Waals surface area contributed by atoms with Gasteiger partial charge in [0.1, 0.15) is 0 Å². The van der Waals surface area contributed by atoms with Crippen LogP contribution in [0.3, 0.4) is 0 Å². The Labute approximate surface area is 125 Å². The van der Waals surface area contributed by atoms with Gasteiger partial charge in [-0.25, -0.2) is 0 Å². The maximum Gasteiger partial charge on any atom is 0.232 e. The van der Waals surface area contributed by atoms with Crippen LogP contribution in [0.4, 0.5) is 17.8 Å². The zero-order valence-electron chi connectivity index (χ0n) is 12.9. The number of aliphatic hydroxyl groups excluding tert-OH is 1. The maximum absolute atomic E-state index is 9.24. The minimum atomic E-state index is 0.0611. The van der Waals surface area contributed by atoms with Crippen molar-refractivity contribution in [2.45, 2.75) is 19.9 Å². The molecule has 1 aromatic rings. The summed E-state index contributed by atoms with van der Waals surface area (Å²) in [5.74, 6) is 1.77. The van der Waals surface area contributed by atoms with Gasteiger partial charge in [-0.15, -0.1) is 0 Å². The van der Waals surface area contributed by atoms with Gasteiger partial charge in [0.05, 0.1) is 19.8 Å². The van der Waals surface area contributed by atoms with Crippen molar-refractivity contribution in [1.29, 1.82) is 0 Å². The summed E-state index contributed by atoms with van der Waals surface area (Å²) in [7, 11) is 1.79. The highest BCUT2D eigenvalue weighted by molar-refractivity contribution is 5.45. The summed E-state index contributed by atoms with van der Waals surface area (Å²) in [6.45, 7) is 7.56. The summed E-state index contributed by atoms with van der Waals surface area (Å²) in [6, 6.07) is 0.196. The van der Waals surface area contributed by atoms with Crippen LogP contribution in [0.1, 0.15) is 13.8 Å². The lowest BCUT2D eigenvalue weighted by molar-refractivity contribution is 0.122. The molecule has 21 heavy (non-hydrogen) atoms. The topological polar surface area (TPSA) is 86.6 Å². The number of hydrogen-bond acceptors (Lipinski definition) is 8. The zero-order chi connectivity index (χ0) is 15.2. The molecule has 0 amide bonds. The molecule has 1 aliphatic rings. The first-order valence-corrected chi connectivity index (χ1v) is 7.29. The number of ether oxygens (including phenoxy) is 1. The number of aromatic nitrogens is 3. The van der Waals surface area contributed by atoms with Crippen molar-refractivity contribution < 1.29 is 9.84 Å². The van der Waals surface area contributed by atoms with Gasteiger partial charge in [0.25, 0.3) is 0 Å². The summed E-state index contributed by atoms with van der Waals surface area (Å²) >= 11 is 0. The second-order valence-corrected chi connectivity index (χ2v) is 5.12. The Bertz CT molecular complexity index is 450. The van der Waals surface area contributed by atoms with E-state index in [4.69, 9.17) is 4.74 Å². The average molecular weight is 296 g/mol. The smallest absolute Gasteiger partial charge is 0.232 e. The number of hydrogen-bond donors (Lipinski definition) is 2. The minimum absolute atomic E-state index is 0.0611. The van der Waals surface area contributed by atoms with Gasteiger partial charge in [0.15, 0.2) is 0 Å². The van der Waals surface area contributed by atoms with Crippen molar-refractivity contribution >= 4 is 17.8 Å². The van der Waals surface area contributed by atoms with E-state index in [1.165, 1.54) is 0 Å². The first-order chi connectivity index (χ1) is 10.2. The highest BCUT2D eigenvalue weighted by atomic mass is 16.5. The van der Waals surface area contributed by atoms with Gasteiger partial charge in [-0.05, 0) is 13.8 Å². The zero-order valence-corrected chi connectivity index (χ0v) is 12.9. The fraction of sp³-hybridized carbons (Fsp3) is 0.769. The number of aliphatic hydroxyl groups is 1. The molecule has 118 valence electrons. The average Bonchev–Trinajstić information content (AvgIpc) is 2.52. The number of rotatable bonds is 6. The second-order valence-electron chi connectivity index (χ2n) is 5.12. The Morgan fingerprint density at radius 1 is 1.29 bits per heavy atom. The summed E-state index contributed by atoms with van der Waals surface area (Å²) in [4.78, 5) is 17.5. The standard InChI is InChI=1S/C13H24N6O2/c1-10(2)19(4-7-20)13-16-11(14-3)15-12(17-13)18-5-8-21-9-6-18/h10,20H,4-9H2,1-3H3,(H,14,15,16,17). The first-order valence-electron chi connectivity index (χ1n) is 7.29. The van der Waals surface area contributed by atoms with Crippen LogP contribution in [0.15, 0.2) is 0 Å². The van der Waals surface area contributed by atoms with Gasteiger partial charge in [-0.3, -0.25) is 0 Å². The van der Waals surface area contributed by atoms with E-state index in [-0.39, 0.29) is 12.6 Å². The van der Waals surface area contributed by atoms with Crippen LogP contribution >= 0.6 is 0 Å². The summed E-state index contributed by atoms with van der Waals surface area (Å²) in [6.07, 6.45) is 0. The molecule has 0 atom stereocenters. The van der Waals surface area contributed by atoms with Crippen LogP contribution < -0.4 is 15.1 Å². The van der Waals surface area contributed by atoms with Crippen molar-refractivity contribution in [3.63, 3.8) is 0 Å². The van der Waals surface area contributed by atoms with Gasteiger partial charge in [0, 0.05) is 32.7 Å². The normalized spacial score (nSPS) is 15.4. The van der Waals surface area contributed by atoms with Gasteiger partial charge >= 0.3 is 0 Å². The Morgan fingerprint density at radius 3 is 2.57 bits per heavy atom. The number of nitrogens with zero attached hydrogens (tertiary/aromatic N) is 5. The predicted molar refractivity (Wildman–Crippen MR) is 82.0 cm³/mol. The van der Waals surface area contributed by atoms with E-state index in [0.717, 1.165) is 13.1 Å². The molecule has 2 N–H and O–H groups in total. The fourth-order valence-electron chi connectivity index (χ4n) is 2.20. The van der Waals surface area contributed by atoms with Crippen LogP contribution in [-0.2, 0) is 4.74 Å². The third-order valence-electron chi connectivity index (χ3n) is 3.35.